The van der Waals surface area contributed by atoms with Crippen molar-refractivity contribution in [3.63, 3.8) is 0 Å². The largest absolute Gasteiger partial charge is 0.468 e. The summed E-state index contributed by atoms with van der Waals surface area (Å²) in [5.74, 6) is -1.01. The summed E-state index contributed by atoms with van der Waals surface area (Å²) in [6.45, 7) is 1.22. The molecule has 1 amide bonds. The number of ether oxygens (including phenoxy) is 1. The summed E-state index contributed by atoms with van der Waals surface area (Å²) in [7, 11) is 1.23. The monoisotopic (exact) mass is 464 g/mol. The molecule has 1 aliphatic heterocycles. The van der Waals surface area contributed by atoms with Crippen molar-refractivity contribution in [1.29, 1.82) is 0 Å². The van der Waals surface area contributed by atoms with Crippen molar-refractivity contribution in [3.05, 3.63) is 71.3 Å². The molecular weight excluding hydrogens is 437 g/mol. The molecular formula is C24H27F3N2O4. The van der Waals surface area contributed by atoms with Crippen molar-refractivity contribution in [2.45, 2.75) is 31.2 Å². The van der Waals surface area contributed by atoms with Crippen molar-refractivity contribution >= 4 is 11.9 Å². The first kappa shape index (κ1) is 24.7. The number of aliphatic hydroxyl groups excluding tert-OH is 1. The number of hydrogen-bond donors (Lipinski definition) is 1. The van der Waals surface area contributed by atoms with Crippen LogP contribution in [0.4, 0.5) is 13.2 Å². The molecule has 33 heavy (non-hydrogen) atoms. The highest BCUT2D eigenvalue weighted by molar-refractivity contribution is 5.84. The predicted octanol–water partition coefficient (Wildman–Crippen LogP) is 3.06. The molecule has 0 spiro atoms. The Bertz CT molecular complexity index is 935. The van der Waals surface area contributed by atoms with Crippen LogP contribution in [0.1, 0.15) is 29.2 Å². The van der Waals surface area contributed by atoms with Crippen LogP contribution >= 0.6 is 0 Å². The maximum atomic E-state index is 13.3. The second-order valence-electron chi connectivity index (χ2n) is 8.10. The van der Waals surface area contributed by atoms with Crippen LogP contribution in [0.3, 0.4) is 0 Å². The zero-order valence-corrected chi connectivity index (χ0v) is 18.3. The van der Waals surface area contributed by atoms with E-state index in [-0.39, 0.29) is 13.0 Å². The molecule has 2 aromatic carbocycles. The van der Waals surface area contributed by atoms with Crippen molar-refractivity contribution in [2.75, 3.05) is 33.3 Å². The average molecular weight is 464 g/mol. The number of benzene rings is 2. The van der Waals surface area contributed by atoms with Crippen LogP contribution in [0.5, 0.6) is 0 Å². The molecule has 1 aliphatic rings. The van der Waals surface area contributed by atoms with E-state index in [1.165, 1.54) is 24.1 Å². The van der Waals surface area contributed by atoms with Gasteiger partial charge in [-0.1, -0.05) is 42.5 Å². The molecule has 0 saturated carbocycles. The summed E-state index contributed by atoms with van der Waals surface area (Å²) < 4.78 is 43.4. The first-order valence-electron chi connectivity index (χ1n) is 10.6. The Hall–Kier alpha value is -2.91. The molecule has 1 N–H and O–H groups in total. The SMILES string of the molecule is COC(=O)CN(C(=O)Cc1ccc(C(F)(F)F)cc1)[C@H](CN1CC[C@H](O)C1)c1ccccc1. The molecule has 178 valence electrons. The molecule has 9 heteroatoms. The number of rotatable bonds is 8. The highest BCUT2D eigenvalue weighted by Crippen LogP contribution is 2.30. The van der Waals surface area contributed by atoms with E-state index >= 15 is 0 Å². The van der Waals surface area contributed by atoms with E-state index in [4.69, 9.17) is 4.74 Å². The van der Waals surface area contributed by atoms with Gasteiger partial charge in [0, 0.05) is 19.6 Å². The fourth-order valence-electron chi connectivity index (χ4n) is 3.95. The Morgan fingerprint density at radius 2 is 1.82 bits per heavy atom. The molecule has 1 saturated heterocycles. The normalized spacial score (nSPS) is 17.5. The summed E-state index contributed by atoms with van der Waals surface area (Å²) in [5, 5.41) is 9.91. The number of likely N-dealkylation sites (tertiary alicyclic amines) is 1. The second kappa shape index (κ2) is 10.8. The summed E-state index contributed by atoms with van der Waals surface area (Å²) in [6, 6.07) is 13.1. The lowest BCUT2D eigenvalue weighted by molar-refractivity contribution is -0.148. The Morgan fingerprint density at radius 3 is 2.36 bits per heavy atom. The van der Waals surface area contributed by atoms with E-state index in [0.29, 0.717) is 31.6 Å². The van der Waals surface area contributed by atoms with E-state index in [0.717, 1.165) is 17.7 Å². The van der Waals surface area contributed by atoms with Gasteiger partial charge in [-0.3, -0.25) is 14.5 Å². The van der Waals surface area contributed by atoms with E-state index in [2.05, 4.69) is 0 Å². The summed E-state index contributed by atoms with van der Waals surface area (Å²) in [6.07, 6.45) is -4.45. The standard InChI is InChI=1S/C24H27F3N2O4/c1-33-23(32)16-29(22(31)13-17-7-9-19(10-8-17)24(25,26)27)21(18-5-3-2-4-6-18)15-28-12-11-20(30)14-28/h2-10,20-21,30H,11-16H2,1H3/t20-,21+/m0/s1. The number of amides is 1. The van der Waals surface area contributed by atoms with Gasteiger partial charge in [0.25, 0.3) is 0 Å². The minimum absolute atomic E-state index is 0.166. The maximum Gasteiger partial charge on any atom is 0.416 e. The van der Waals surface area contributed by atoms with Gasteiger partial charge in [-0.25, -0.2) is 0 Å². The molecule has 2 aromatic rings. The van der Waals surface area contributed by atoms with Gasteiger partial charge in [0.05, 0.1) is 31.2 Å². The molecule has 1 heterocycles. The van der Waals surface area contributed by atoms with Crippen LogP contribution in [-0.2, 0) is 26.9 Å². The first-order valence-corrected chi connectivity index (χ1v) is 10.6. The number of β-amino-alcohol motifs (C(OH)–C–C–N with tert-alkyl or cyclic N) is 1. The van der Waals surface area contributed by atoms with Gasteiger partial charge in [-0.15, -0.1) is 0 Å². The van der Waals surface area contributed by atoms with Crippen LogP contribution in [0, 0.1) is 0 Å². The average Bonchev–Trinajstić information content (AvgIpc) is 3.21. The van der Waals surface area contributed by atoms with E-state index in [1.807, 2.05) is 35.2 Å². The van der Waals surface area contributed by atoms with Crippen LogP contribution in [0.2, 0.25) is 0 Å². The van der Waals surface area contributed by atoms with Crippen LogP contribution in [0.15, 0.2) is 54.6 Å². The highest BCUT2D eigenvalue weighted by Gasteiger charge is 2.32. The number of carbonyl (C=O) groups excluding carboxylic acids is 2. The van der Waals surface area contributed by atoms with Crippen molar-refractivity contribution < 1.29 is 32.6 Å². The number of aliphatic hydroxyl groups is 1. The fourth-order valence-corrected chi connectivity index (χ4v) is 3.95. The van der Waals surface area contributed by atoms with Crippen molar-refractivity contribution in [1.82, 2.24) is 9.80 Å². The lowest BCUT2D eigenvalue weighted by atomic mass is 10.0. The molecule has 3 rings (SSSR count). The second-order valence-corrected chi connectivity index (χ2v) is 8.10. The Balaban J connectivity index is 1.87. The van der Waals surface area contributed by atoms with Gasteiger partial charge in [-0.05, 0) is 29.7 Å². The number of halogens is 3. The van der Waals surface area contributed by atoms with Crippen molar-refractivity contribution in [2.24, 2.45) is 0 Å². The lowest BCUT2D eigenvalue weighted by Gasteiger charge is -2.34. The third-order valence-corrected chi connectivity index (χ3v) is 5.72. The molecule has 0 aromatic heterocycles. The Morgan fingerprint density at radius 1 is 1.15 bits per heavy atom. The number of methoxy groups -OCH3 is 1. The Kier molecular flexibility index (Phi) is 8.10. The van der Waals surface area contributed by atoms with Gasteiger partial charge in [0.2, 0.25) is 5.91 Å². The number of alkyl halides is 3. The third kappa shape index (κ3) is 6.79. The van der Waals surface area contributed by atoms with Gasteiger partial charge in [0.15, 0.2) is 0 Å². The number of nitrogens with zero attached hydrogens (tertiary/aromatic N) is 2. The summed E-state index contributed by atoms with van der Waals surface area (Å²) >= 11 is 0. The third-order valence-electron chi connectivity index (χ3n) is 5.72. The van der Waals surface area contributed by atoms with Crippen LogP contribution < -0.4 is 0 Å². The molecule has 2 atom stereocenters. The maximum absolute atomic E-state index is 13.3. The quantitative estimate of drug-likeness (QED) is 0.609. The molecule has 0 radical (unpaired) electrons. The van der Waals surface area contributed by atoms with Crippen LogP contribution in [0.25, 0.3) is 0 Å². The van der Waals surface area contributed by atoms with Gasteiger partial charge in [-0.2, -0.15) is 13.2 Å². The number of esters is 1. The minimum atomic E-state index is -4.46. The molecule has 0 unspecified atom stereocenters. The van der Waals surface area contributed by atoms with E-state index < -0.39 is 35.8 Å². The zero-order valence-electron chi connectivity index (χ0n) is 18.3. The van der Waals surface area contributed by atoms with E-state index in [9.17, 15) is 27.9 Å². The summed E-state index contributed by atoms with van der Waals surface area (Å²) in [4.78, 5) is 28.9. The number of hydrogen-bond acceptors (Lipinski definition) is 5. The molecule has 1 fully saturated rings. The lowest BCUT2D eigenvalue weighted by Crippen LogP contribution is -2.44. The van der Waals surface area contributed by atoms with Crippen LogP contribution in [-0.4, -0.2) is 66.2 Å². The van der Waals surface area contributed by atoms with E-state index in [1.54, 1.807) is 0 Å². The number of carbonyl (C=O) groups is 2. The molecule has 6 nitrogen and oxygen atoms in total. The van der Waals surface area contributed by atoms with Gasteiger partial charge in [0.1, 0.15) is 6.54 Å². The van der Waals surface area contributed by atoms with Gasteiger partial charge >= 0.3 is 12.1 Å². The van der Waals surface area contributed by atoms with Gasteiger partial charge < -0.3 is 14.7 Å². The smallest absolute Gasteiger partial charge is 0.416 e. The van der Waals surface area contributed by atoms with Crippen molar-refractivity contribution in [3.8, 4) is 0 Å². The predicted molar refractivity (Wildman–Crippen MR) is 115 cm³/mol. The fraction of sp³-hybridized carbons (Fsp3) is 0.417. The highest BCUT2D eigenvalue weighted by atomic mass is 19.4. The first-order chi connectivity index (χ1) is 15.7. The minimum Gasteiger partial charge on any atom is -0.468 e. The topological polar surface area (TPSA) is 70.1 Å². The molecule has 0 aliphatic carbocycles. The zero-order chi connectivity index (χ0) is 24.0. The molecule has 0 bridgehead atoms. The Labute approximate surface area is 190 Å². The summed E-state index contributed by atoms with van der Waals surface area (Å²) in [5.41, 5.74) is 0.426.